The summed E-state index contributed by atoms with van der Waals surface area (Å²) in [5.41, 5.74) is 1.48. The summed E-state index contributed by atoms with van der Waals surface area (Å²) in [5, 5.41) is 11.5. The predicted molar refractivity (Wildman–Crippen MR) is 78.1 cm³/mol. The van der Waals surface area contributed by atoms with E-state index in [2.05, 4.69) is 5.32 Å². The van der Waals surface area contributed by atoms with E-state index in [1.54, 1.807) is 24.3 Å². The number of hydrogen-bond acceptors (Lipinski definition) is 3. The third kappa shape index (κ3) is 3.79. The van der Waals surface area contributed by atoms with Gasteiger partial charge in [-0.25, -0.2) is 4.39 Å². The Balaban J connectivity index is 2.10. The number of carbonyl (C=O) groups is 1. The number of hydrogen-bond donors (Lipinski definition) is 2. The van der Waals surface area contributed by atoms with Crippen molar-refractivity contribution in [2.75, 3.05) is 19.0 Å². The fraction of sp³-hybridized carbons (Fsp3) is 0.188. The minimum absolute atomic E-state index is 0.0461. The number of amides is 1. The van der Waals surface area contributed by atoms with Crippen LogP contribution >= 0.6 is 0 Å². The lowest BCUT2D eigenvalue weighted by atomic mass is 10.1. The third-order valence-corrected chi connectivity index (χ3v) is 3.03. The molecule has 0 fully saturated rings. The molecule has 0 aliphatic heterocycles. The fourth-order valence-corrected chi connectivity index (χ4v) is 1.89. The van der Waals surface area contributed by atoms with E-state index in [1.165, 1.54) is 25.3 Å². The van der Waals surface area contributed by atoms with E-state index < -0.39 is 11.7 Å². The van der Waals surface area contributed by atoms with Gasteiger partial charge in [-0.05, 0) is 36.2 Å². The number of nitrogens with one attached hydrogen (secondary N) is 1. The quantitative estimate of drug-likeness (QED) is 0.889. The van der Waals surface area contributed by atoms with Gasteiger partial charge in [0.2, 0.25) is 0 Å². The Bertz CT molecular complexity index is 626. The van der Waals surface area contributed by atoms with Gasteiger partial charge in [-0.15, -0.1) is 0 Å². The molecule has 2 aromatic rings. The molecule has 0 aromatic heterocycles. The molecule has 110 valence electrons. The van der Waals surface area contributed by atoms with Gasteiger partial charge in [-0.1, -0.05) is 12.1 Å². The molecule has 0 heterocycles. The standard InChI is InChI=1S/C16H16FNO3/c1-21-13-6-7-14(15(17)10-13)16(20)18-12-4-2-11(3-5-12)8-9-19/h2-7,10,19H,8-9H2,1H3,(H,18,20). The molecule has 0 saturated heterocycles. The predicted octanol–water partition coefficient (Wildman–Crippen LogP) is 2.62. The molecule has 0 spiro atoms. The zero-order valence-electron chi connectivity index (χ0n) is 11.6. The molecular weight excluding hydrogens is 273 g/mol. The summed E-state index contributed by atoms with van der Waals surface area (Å²) in [6.45, 7) is 0.0722. The smallest absolute Gasteiger partial charge is 0.258 e. The van der Waals surface area contributed by atoms with Crippen LogP contribution in [0.3, 0.4) is 0 Å². The maximum atomic E-state index is 13.8. The molecule has 5 heteroatoms. The van der Waals surface area contributed by atoms with E-state index in [-0.39, 0.29) is 12.2 Å². The summed E-state index contributed by atoms with van der Waals surface area (Å²) >= 11 is 0. The van der Waals surface area contributed by atoms with Crippen molar-refractivity contribution < 1.29 is 19.0 Å². The molecule has 2 N–H and O–H groups in total. The summed E-state index contributed by atoms with van der Waals surface area (Å²) in [7, 11) is 1.43. The first kappa shape index (κ1) is 15.0. The van der Waals surface area contributed by atoms with E-state index in [1.807, 2.05) is 0 Å². The first-order valence-electron chi connectivity index (χ1n) is 6.48. The van der Waals surface area contributed by atoms with Gasteiger partial charge < -0.3 is 15.2 Å². The van der Waals surface area contributed by atoms with E-state index in [0.717, 1.165) is 5.56 Å². The number of ether oxygens (including phenoxy) is 1. The zero-order chi connectivity index (χ0) is 15.2. The number of aliphatic hydroxyl groups is 1. The highest BCUT2D eigenvalue weighted by molar-refractivity contribution is 6.04. The minimum atomic E-state index is -0.635. The van der Waals surface area contributed by atoms with Crippen molar-refractivity contribution in [2.24, 2.45) is 0 Å². The van der Waals surface area contributed by atoms with E-state index in [9.17, 15) is 9.18 Å². The van der Waals surface area contributed by atoms with Crippen LogP contribution in [0.2, 0.25) is 0 Å². The zero-order valence-corrected chi connectivity index (χ0v) is 11.6. The topological polar surface area (TPSA) is 58.6 Å². The molecule has 2 aromatic carbocycles. The van der Waals surface area contributed by atoms with Crippen LogP contribution < -0.4 is 10.1 Å². The van der Waals surface area contributed by atoms with E-state index in [4.69, 9.17) is 9.84 Å². The van der Waals surface area contributed by atoms with Crippen molar-refractivity contribution >= 4 is 11.6 Å². The molecule has 0 saturated carbocycles. The van der Waals surface area contributed by atoms with Crippen LogP contribution in [0.25, 0.3) is 0 Å². The molecule has 1 amide bonds. The van der Waals surface area contributed by atoms with Gasteiger partial charge in [0.05, 0.1) is 12.7 Å². The molecule has 21 heavy (non-hydrogen) atoms. The first-order chi connectivity index (χ1) is 10.1. The lowest BCUT2D eigenvalue weighted by Crippen LogP contribution is -2.13. The highest BCUT2D eigenvalue weighted by atomic mass is 19.1. The van der Waals surface area contributed by atoms with Crippen LogP contribution in [0, 0.1) is 5.82 Å². The number of rotatable bonds is 5. The summed E-state index contributed by atoms with van der Waals surface area (Å²) in [5.74, 6) is -0.800. The number of aliphatic hydroxyl groups excluding tert-OH is 1. The number of methoxy groups -OCH3 is 1. The number of carbonyl (C=O) groups excluding carboxylic acids is 1. The Kier molecular flexibility index (Phi) is 4.90. The molecule has 0 radical (unpaired) electrons. The van der Waals surface area contributed by atoms with Gasteiger partial charge in [-0.2, -0.15) is 0 Å². The Labute approximate surface area is 122 Å². The first-order valence-corrected chi connectivity index (χ1v) is 6.48. The molecule has 0 bridgehead atoms. The Morgan fingerprint density at radius 2 is 1.95 bits per heavy atom. The second-order valence-corrected chi connectivity index (χ2v) is 4.47. The average molecular weight is 289 g/mol. The monoisotopic (exact) mass is 289 g/mol. The van der Waals surface area contributed by atoms with Crippen LogP contribution in [-0.2, 0) is 6.42 Å². The van der Waals surface area contributed by atoms with Crippen molar-refractivity contribution in [3.63, 3.8) is 0 Å². The van der Waals surface area contributed by atoms with Crippen LogP contribution in [0.1, 0.15) is 15.9 Å². The number of anilines is 1. The number of halogens is 1. The van der Waals surface area contributed by atoms with Crippen LogP contribution in [0.15, 0.2) is 42.5 Å². The molecule has 0 atom stereocenters. The van der Waals surface area contributed by atoms with Gasteiger partial charge in [0, 0.05) is 18.4 Å². The molecule has 4 nitrogen and oxygen atoms in total. The van der Waals surface area contributed by atoms with Crippen molar-refractivity contribution in [2.45, 2.75) is 6.42 Å². The normalized spacial score (nSPS) is 10.2. The fourth-order valence-electron chi connectivity index (χ4n) is 1.89. The van der Waals surface area contributed by atoms with Crippen molar-refractivity contribution in [1.82, 2.24) is 0 Å². The van der Waals surface area contributed by atoms with Gasteiger partial charge in [-0.3, -0.25) is 4.79 Å². The lowest BCUT2D eigenvalue weighted by molar-refractivity contribution is 0.102. The van der Waals surface area contributed by atoms with E-state index >= 15 is 0 Å². The lowest BCUT2D eigenvalue weighted by Gasteiger charge is -2.08. The molecule has 0 aliphatic carbocycles. The largest absolute Gasteiger partial charge is 0.497 e. The van der Waals surface area contributed by atoms with Crippen molar-refractivity contribution in [1.29, 1.82) is 0 Å². The van der Waals surface area contributed by atoms with Gasteiger partial charge in [0.25, 0.3) is 5.91 Å². The minimum Gasteiger partial charge on any atom is -0.497 e. The Morgan fingerprint density at radius 3 is 2.52 bits per heavy atom. The SMILES string of the molecule is COc1ccc(C(=O)Nc2ccc(CCO)cc2)c(F)c1. The highest BCUT2D eigenvalue weighted by Gasteiger charge is 2.12. The van der Waals surface area contributed by atoms with Gasteiger partial charge >= 0.3 is 0 Å². The number of benzene rings is 2. The second kappa shape index (κ2) is 6.85. The molecular formula is C16H16FNO3. The van der Waals surface area contributed by atoms with Crippen LogP contribution in [0.4, 0.5) is 10.1 Å². The van der Waals surface area contributed by atoms with Crippen molar-refractivity contribution in [3.8, 4) is 5.75 Å². The van der Waals surface area contributed by atoms with Crippen LogP contribution in [-0.4, -0.2) is 24.7 Å². The Hall–Kier alpha value is -2.40. The summed E-state index contributed by atoms with van der Waals surface area (Å²) in [4.78, 5) is 12.0. The highest BCUT2D eigenvalue weighted by Crippen LogP contribution is 2.18. The van der Waals surface area contributed by atoms with Gasteiger partial charge in [0.1, 0.15) is 11.6 Å². The van der Waals surface area contributed by atoms with E-state index in [0.29, 0.717) is 17.9 Å². The average Bonchev–Trinajstić information content (AvgIpc) is 2.49. The van der Waals surface area contributed by atoms with Crippen molar-refractivity contribution in [3.05, 3.63) is 59.4 Å². The summed E-state index contributed by atoms with van der Waals surface area (Å²) in [6.07, 6.45) is 0.557. The van der Waals surface area contributed by atoms with Gasteiger partial charge in [0.15, 0.2) is 0 Å². The molecule has 0 aliphatic rings. The maximum absolute atomic E-state index is 13.8. The second-order valence-electron chi connectivity index (χ2n) is 4.47. The summed E-state index contributed by atoms with van der Waals surface area (Å²) < 4.78 is 18.7. The summed E-state index contributed by atoms with van der Waals surface area (Å²) in [6, 6.07) is 11.1. The molecule has 0 unspecified atom stereocenters. The van der Waals surface area contributed by atoms with Crippen LogP contribution in [0.5, 0.6) is 5.75 Å². The third-order valence-electron chi connectivity index (χ3n) is 3.03. The molecule has 2 rings (SSSR count). The Morgan fingerprint density at radius 1 is 1.24 bits per heavy atom. The maximum Gasteiger partial charge on any atom is 0.258 e.